The molecule has 10 heteroatoms. The van der Waals surface area contributed by atoms with Gasteiger partial charge in [0.1, 0.15) is 16.6 Å². The summed E-state index contributed by atoms with van der Waals surface area (Å²) in [6.07, 6.45) is 0. The number of hydrogen-bond donors (Lipinski definition) is 3. The summed E-state index contributed by atoms with van der Waals surface area (Å²) < 4.78 is 34.7. The molecule has 0 saturated carbocycles. The molecule has 1 amide bonds. The molecule has 0 aliphatic carbocycles. The number of hydrogen-bond acceptors (Lipinski definition) is 7. The number of nitrogens with two attached hydrogens (primary N) is 1. The predicted octanol–water partition coefficient (Wildman–Crippen LogP) is 5.12. The maximum Gasteiger partial charge on any atom is 0.257 e. The lowest BCUT2D eigenvalue weighted by atomic mass is 9.96. The Morgan fingerprint density at radius 1 is 1.15 bits per heavy atom. The van der Waals surface area contributed by atoms with Gasteiger partial charge in [-0.1, -0.05) is 5.16 Å². The maximum absolute atomic E-state index is 14.8. The Labute approximate surface area is 191 Å². The summed E-state index contributed by atoms with van der Waals surface area (Å²) in [5, 5.41) is 17.2. The molecule has 7 nitrogen and oxygen atoms in total. The zero-order valence-electron chi connectivity index (χ0n) is 17.9. The highest BCUT2D eigenvalue weighted by atomic mass is 32.1. The average molecular weight is 471 g/mol. The standard InChI is InChI=1S/C23H20F2N4O3S/c1-11-27-21(32-29-11)12-4-6-14(7-5-12)28-22-15(20(26)30)10-18(33-22)19-16(24)8-13(9-17(19)25)23(2,3)31/h4-10,28,31H,1-3H3,(H2,26,30). The third-order valence-corrected chi connectivity index (χ3v) is 5.98. The van der Waals surface area contributed by atoms with E-state index in [-0.39, 0.29) is 21.6 Å². The van der Waals surface area contributed by atoms with Gasteiger partial charge >= 0.3 is 0 Å². The Hall–Kier alpha value is -3.63. The Morgan fingerprint density at radius 2 is 1.79 bits per heavy atom. The number of aromatic nitrogens is 2. The summed E-state index contributed by atoms with van der Waals surface area (Å²) in [5.74, 6) is -1.56. The molecule has 0 fully saturated rings. The fourth-order valence-electron chi connectivity index (χ4n) is 3.19. The second kappa shape index (κ2) is 8.38. The first kappa shape index (κ1) is 22.6. The van der Waals surface area contributed by atoms with Crippen molar-refractivity contribution in [2.24, 2.45) is 5.73 Å². The van der Waals surface area contributed by atoms with Crippen molar-refractivity contribution in [1.29, 1.82) is 0 Å². The number of aliphatic hydroxyl groups is 1. The maximum atomic E-state index is 14.8. The van der Waals surface area contributed by atoms with E-state index in [1.807, 2.05) is 0 Å². The van der Waals surface area contributed by atoms with E-state index >= 15 is 0 Å². The minimum absolute atomic E-state index is 0.0944. The molecular weight excluding hydrogens is 450 g/mol. The highest BCUT2D eigenvalue weighted by Crippen LogP contribution is 2.40. The molecule has 0 saturated heterocycles. The average Bonchev–Trinajstić information content (AvgIpc) is 3.34. The quantitative estimate of drug-likeness (QED) is 0.360. The minimum atomic E-state index is -1.41. The van der Waals surface area contributed by atoms with Crippen LogP contribution >= 0.6 is 11.3 Å². The zero-order valence-corrected chi connectivity index (χ0v) is 18.8. The second-order valence-corrected chi connectivity index (χ2v) is 8.99. The number of amides is 1. The molecule has 0 aliphatic heterocycles. The van der Waals surface area contributed by atoms with Crippen LogP contribution in [0.4, 0.5) is 19.5 Å². The lowest BCUT2D eigenvalue weighted by molar-refractivity contribution is 0.0778. The lowest BCUT2D eigenvalue weighted by Gasteiger charge is -2.18. The van der Waals surface area contributed by atoms with Crippen LogP contribution in [0.2, 0.25) is 0 Å². The van der Waals surface area contributed by atoms with Crippen molar-refractivity contribution in [3.05, 3.63) is 71.1 Å². The van der Waals surface area contributed by atoms with E-state index in [4.69, 9.17) is 10.3 Å². The number of nitrogens with one attached hydrogen (secondary N) is 1. The number of carbonyl (C=O) groups excluding carboxylic acids is 1. The summed E-state index contributed by atoms with van der Waals surface area (Å²) in [6, 6.07) is 10.5. The number of carbonyl (C=O) groups is 1. The Bertz CT molecular complexity index is 1320. The molecule has 2 aromatic carbocycles. The smallest absolute Gasteiger partial charge is 0.257 e. The van der Waals surface area contributed by atoms with Gasteiger partial charge in [0.15, 0.2) is 5.82 Å². The van der Waals surface area contributed by atoms with Crippen LogP contribution in [0.25, 0.3) is 21.9 Å². The van der Waals surface area contributed by atoms with Gasteiger partial charge in [-0.25, -0.2) is 8.78 Å². The van der Waals surface area contributed by atoms with Gasteiger partial charge in [-0.15, -0.1) is 11.3 Å². The summed E-state index contributed by atoms with van der Waals surface area (Å²) in [6.45, 7) is 4.58. The van der Waals surface area contributed by atoms with Crippen molar-refractivity contribution in [3.8, 4) is 21.9 Å². The molecule has 170 valence electrons. The number of rotatable bonds is 6. The SMILES string of the molecule is Cc1noc(-c2ccc(Nc3sc(-c4c(F)cc(C(C)(C)O)cc4F)cc3C(N)=O)cc2)n1. The van der Waals surface area contributed by atoms with Crippen molar-refractivity contribution in [2.75, 3.05) is 5.32 Å². The summed E-state index contributed by atoms with van der Waals surface area (Å²) in [7, 11) is 0. The number of benzene rings is 2. The van der Waals surface area contributed by atoms with Gasteiger partial charge in [0.05, 0.1) is 16.7 Å². The van der Waals surface area contributed by atoms with Crippen molar-refractivity contribution < 1.29 is 23.2 Å². The van der Waals surface area contributed by atoms with E-state index in [0.717, 1.165) is 23.5 Å². The van der Waals surface area contributed by atoms with Crippen LogP contribution < -0.4 is 11.1 Å². The molecule has 0 bridgehead atoms. The minimum Gasteiger partial charge on any atom is -0.386 e. The van der Waals surface area contributed by atoms with Crippen molar-refractivity contribution >= 4 is 27.9 Å². The molecule has 0 spiro atoms. The monoisotopic (exact) mass is 470 g/mol. The molecule has 0 unspecified atom stereocenters. The van der Waals surface area contributed by atoms with Gasteiger partial charge in [-0.05, 0) is 68.8 Å². The Balaban J connectivity index is 1.67. The predicted molar refractivity (Wildman–Crippen MR) is 121 cm³/mol. The highest BCUT2D eigenvalue weighted by molar-refractivity contribution is 7.20. The molecule has 0 radical (unpaired) electrons. The largest absolute Gasteiger partial charge is 0.386 e. The van der Waals surface area contributed by atoms with Gasteiger partial charge in [-0.3, -0.25) is 4.79 Å². The van der Waals surface area contributed by atoms with E-state index < -0.39 is 23.1 Å². The summed E-state index contributed by atoms with van der Waals surface area (Å²) >= 11 is 0.986. The van der Waals surface area contributed by atoms with Crippen LogP contribution in [-0.2, 0) is 5.60 Å². The molecule has 4 aromatic rings. The van der Waals surface area contributed by atoms with E-state index in [1.54, 1.807) is 31.2 Å². The molecule has 4 N–H and O–H groups in total. The first-order chi connectivity index (χ1) is 15.5. The Kier molecular flexibility index (Phi) is 5.73. The van der Waals surface area contributed by atoms with Crippen LogP contribution in [0.15, 0.2) is 47.0 Å². The van der Waals surface area contributed by atoms with Gasteiger partial charge in [0.2, 0.25) is 0 Å². The van der Waals surface area contributed by atoms with Crippen LogP contribution in [0.3, 0.4) is 0 Å². The van der Waals surface area contributed by atoms with Crippen molar-refractivity contribution in [1.82, 2.24) is 10.1 Å². The number of primary amides is 1. The van der Waals surface area contributed by atoms with Gasteiger partial charge in [0.25, 0.3) is 11.8 Å². The van der Waals surface area contributed by atoms with Crippen LogP contribution in [0.1, 0.15) is 35.6 Å². The highest BCUT2D eigenvalue weighted by Gasteiger charge is 2.24. The number of halogens is 2. The molecule has 33 heavy (non-hydrogen) atoms. The van der Waals surface area contributed by atoms with E-state index in [0.29, 0.717) is 28.0 Å². The van der Waals surface area contributed by atoms with Crippen LogP contribution in [0.5, 0.6) is 0 Å². The number of nitrogens with zero attached hydrogens (tertiary/aromatic N) is 2. The van der Waals surface area contributed by atoms with Crippen LogP contribution in [-0.4, -0.2) is 21.2 Å². The third-order valence-electron chi connectivity index (χ3n) is 4.91. The van der Waals surface area contributed by atoms with E-state index in [1.165, 1.54) is 19.9 Å². The topological polar surface area (TPSA) is 114 Å². The summed E-state index contributed by atoms with van der Waals surface area (Å²) in [5.41, 5.74) is 5.31. The number of aryl methyl sites for hydroxylation is 1. The van der Waals surface area contributed by atoms with Gasteiger partial charge in [0, 0.05) is 16.1 Å². The lowest BCUT2D eigenvalue weighted by Crippen LogP contribution is -2.16. The van der Waals surface area contributed by atoms with Gasteiger partial charge < -0.3 is 20.7 Å². The van der Waals surface area contributed by atoms with Crippen LogP contribution in [0, 0.1) is 18.6 Å². The van der Waals surface area contributed by atoms with Gasteiger partial charge in [-0.2, -0.15) is 4.98 Å². The number of thiophene rings is 1. The fraction of sp³-hybridized carbons (Fsp3) is 0.174. The fourth-order valence-corrected chi connectivity index (χ4v) is 4.33. The Morgan fingerprint density at radius 3 is 2.30 bits per heavy atom. The van der Waals surface area contributed by atoms with Crippen molar-refractivity contribution in [2.45, 2.75) is 26.4 Å². The molecular formula is C23H20F2N4O3S. The number of anilines is 2. The first-order valence-electron chi connectivity index (χ1n) is 9.86. The first-order valence-corrected chi connectivity index (χ1v) is 10.7. The molecule has 0 atom stereocenters. The van der Waals surface area contributed by atoms with E-state index in [9.17, 15) is 18.7 Å². The van der Waals surface area contributed by atoms with Crippen molar-refractivity contribution in [3.63, 3.8) is 0 Å². The molecule has 2 heterocycles. The molecule has 2 aromatic heterocycles. The van der Waals surface area contributed by atoms with E-state index in [2.05, 4.69) is 15.5 Å². The third kappa shape index (κ3) is 4.62. The normalized spacial score (nSPS) is 11.6. The summed E-state index contributed by atoms with van der Waals surface area (Å²) in [4.78, 5) is 16.3. The zero-order chi connectivity index (χ0) is 23.9. The second-order valence-electron chi connectivity index (χ2n) is 7.94. The molecule has 4 rings (SSSR count). The molecule has 0 aliphatic rings.